The fraction of sp³-hybridized carbons (Fsp3) is 0.500. The fourth-order valence-corrected chi connectivity index (χ4v) is 3.74. The number of carboxylic acids is 1. The number of benzene rings is 1. The predicted octanol–water partition coefficient (Wildman–Crippen LogP) is 0.198. The van der Waals surface area contributed by atoms with Crippen molar-refractivity contribution in [2.75, 3.05) is 25.5 Å². The number of aliphatic hydroxyl groups excluding tert-OH is 1. The molecule has 1 aliphatic heterocycles. The third-order valence-electron chi connectivity index (χ3n) is 5.37. The van der Waals surface area contributed by atoms with Gasteiger partial charge in [-0.1, -0.05) is 22.0 Å². The van der Waals surface area contributed by atoms with Crippen molar-refractivity contribution in [3.05, 3.63) is 45.8 Å². The number of hydrogen-bond donors (Lipinski definition) is 6. The number of amides is 2. The molecular weight excluding hydrogens is 588 g/mol. The number of nitro benzene ring substituents is 1. The van der Waals surface area contributed by atoms with Crippen LogP contribution in [0.25, 0.3) is 0 Å². The first-order chi connectivity index (χ1) is 18.4. The molecule has 17 heteroatoms. The Morgan fingerprint density at radius 3 is 2.72 bits per heavy atom. The minimum Gasteiger partial charge on any atom is -0.479 e. The number of alkyl carbamates (subject to hydrolysis) is 1. The van der Waals surface area contributed by atoms with E-state index in [0.717, 1.165) is 6.07 Å². The molecule has 1 aromatic carbocycles. The molecule has 0 aromatic heterocycles. The van der Waals surface area contributed by atoms with E-state index >= 15 is 0 Å². The van der Waals surface area contributed by atoms with Gasteiger partial charge in [-0.05, 0) is 11.6 Å². The number of carbonyl (C=O) groups is 3. The first-order valence-electron chi connectivity index (χ1n) is 11.6. The number of hydrogen-bond acceptors (Lipinski definition) is 12. The fourth-order valence-electron chi connectivity index (χ4n) is 3.55. The number of carbonyl (C=O) groups excluding carboxylic acids is 2. The van der Waals surface area contributed by atoms with E-state index in [1.54, 1.807) is 0 Å². The van der Waals surface area contributed by atoms with Crippen LogP contribution in [0.15, 0.2) is 30.1 Å². The molecule has 4 atom stereocenters. The van der Waals surface area contributed by atoms with Crippen LogP contribution in [0.2, 0.25) is 0 Å². The summed E-state index contributed by atoms with van der Waals surface area (Å²) in [6.07, 6.45) is -4.46. The van der Waals surface area contributed by atoms with Crippen molar-refractivity contribution in [3.8, 4) is 5.75 Å². The number of nitrogens with one attached hydrogen (secondary N) is 2. The SMILES string of the molecule is CNC(=O)OC(C/C(N)=C/N(N)CCNC(=O)CBr)c1ccc(OC2CC(O)CC(C(=O)O)O2)c([N+](=O)[O-])c1. The third kappa shape index (κ3) is 10.2. The highest BCUT2D eigenvalue weighted by Gasteiger charge is 2.35. The van der Waals surface area contributed by atoms with Crippen molar-refractivity contribution in [1.82, 2.24) is 15.6 Å². The van der Waals surface area contributed by atoms with E-state index in [0.29, 0.717) is 0 Å². The maximum Gasteiger partial charge on any atom is 0.407 e. The monoisotopic (exact) mass is 618 g/mol. The minimum atomic E-state index is -1.33. The van der Waals surface area contributed by atoms with Gasteiger partial charge in [-0.25, -0.2) is 15.4 Å². The first-order valence-corrected chi connectivity index (χ1v) is 12.7. The quantitative estimate of drug-likeness (QED) is 0.0749. The predicted molar refractivity (Wildman–Crippen MR) is 138 cm³/mol. The number of alkyl halides is 1. The molecule has 0 aliphatic carbocycles. The second-order valence-electron chi connectivity index (χ2n) is 8.39. The molecule has 1 fully saturated rings. The Kier molecular flexibility index (Phi) is 12.2. The average molecular weight is 619 g/mol. The molecule has 2 amide bonds. The summed E-state index contributed by atoms with van der Waals surface area (Å²) in [7, 11) is 1.34. The third-order valence-corrected chi connectivity index (χ3v) is 5.88. The lowest BCUT2D eigenvalue weighted by molar-refractivity contribution is -0.386. The number of aliphatic carboxylic acids is 1. The van der Waals surface area contributed by atoms with Crippen LogP contribution in [-0.2, 0) is 19.1 Å². The maximum absolute atomic E-state index is 12.0. The minimum absolute atomic E-state index is 0.0928. The van der Waals surface area contributed by atoms with Gasteiger partial charge in [0.15, 0.2) is 11.9 Å². The van der Waals surface area contributed by atoms with Crippen LogP contribution in [-0.4, -0.2) is 82.1 Å². The molecule has 1 saturated heterocycles. The van der Waals surface area contributed by atoms with Crippen LogP contribution in [0, 0.1) is 10.1 Å². The number of halogens is 1. The van der Waals surface area contributed by atoms with Crippen molar-refractivity contribution in [3.63, 3.8) is 0 Å². The molecule has 1 aliphatic rings. The summed E-state index contributed by atoms with van der Waals surface area (Å²) in [6.45, 7) is 0.462. The van der Waals surface area contributed by atoms with Crippen molar-refractivity contribution < 1.29 is 43.7 Å². The molecule has 39 heavy (non-hydrogen) atoms. The van der Waals surface area contributed by atoms with Crippen LogP contribution < -0.4 is 26.9 Å². The number of ether oxygens (including phenoxy) is 3. The van der Waals surface area contributed by atoms with Gasteiger partial charge < -0.3 is 45.8 Å². The van der Waals surface area contributed by atoms with Crippen molar-refractivity contribution in [2.45, 2.75) is 43.9 Å². The van der Waals surface area contributed by atoms with E-state index in [4.69, 9.17) is 25.8 Å². The van der Waals surface area contributed by atoms with E-state index in [1.807, 2.05) is 0 Å². The number of rotatable bonds is 13. The number of nitrogens with two attached hydrogens (primary N) is 2. The number of nitro groups is 1. The summed E-state index contributed by atoms with van der Waals surface area (Å²) in [5, 5.41) is 37.2. The van der Waals surface area contributed by atoms with Gasteiger partial charge in [-0.2, -0.15) is 0 Å². The summed E-state index contributed by atoms with van der Waals surface area (Å²) in [6, 6.07) is 3.78. The smallest absolute Gasteiger partial charge is 0.407 e. The number of hydrazine groups is 1. The molecule has 4 unspecified atom stereocenters. The molecule has 216 valence electrons. The summed E-state index contributed by atoms with van der Waals surface area (Å²) < 4.78 is 16.2. The highest BCUT2D eigenvalue weighted by Crippen LogP contribution is 2.35. The summed E-state index contributed by atoms with van der Waals surface area (Å²) >= 11 is 3.03. The molecule has 2 rings (SSSR count). The zero-order valence-electron chi connectivity index (χ0n) is 20.9. The normalized spacial score (nSPS) is 19.9. The van der Waals surface area contributed by atoms with E-state index < -0.39 is 47.3 Å². The topological polar surface area (TPSA) is 242 Å². The molecule has 0 radical (unpaired) electrons. The van der Waals surface area contributed by atoms with Gasteiger partial charge >= 0.3 is 17.7 Å². The lowest BCUT2D eigenvalue weighted by atomic mass is 10.0. The Morgan fingerprint density at radius 2 is 2.10 bits per heavy atom. The highest BCUT2D eigenvalue weighted by molar-refractivity contribution is 9.09. The molecular formula is C22H31BrN6O10. The van der Waals surface area contributed by atoms with Gasteiger partial charge in [-0.15, -0.1) is 0 Å². The van der Waals surface area contributed by atoms with E-state index in [2.05, 4.69) is 26.6 Å². The molecule has 16 nitrogen and oxygen atoms in total. The standard InChI is InChI=1S/C22H31BrN6O10/c1-26-22(34)39-17(7-13(24)11-28(25)5-4-27-19(31)10-23)12-2-3-16(15(6-12)29(35)36)37-20-9-14(30)8-18(38-20)21(32)33/h2-3,6,11,14,17-18,20,30H,4-5,7-10,24-25H2,1H3,(H,26,34)(H,27,31)(H,32,33)/b13-11-. The van der Waals surface area contributed by atoms with Crippen LogP contribution in [0.3, 0.4) is 0 Å². The van der Waals surface area contributed by atoms with E-state index in [-0.39, 0.29) is 60.6 Å². The Labute approximate surface area is 231 Å². The average Bonchev–Trinajstić information content (AvgIpc) is 2.87. The zero-order valence-corrected chi connectivity index (χ0v) is 22.5. The summed E-state index contributed by atoms with van der Waals surface area (Å²) in [5.41, 5.74) is 5.94. The van der Waals surface area contributed by atoms with Gasteiger partial charge in [0, 0.05) is 50.8 Å². The molecule has 0 bridgehead atoms. The Morgan fingerprint density at radius 1 is 1.38 bits per heavy atom. The van der Waals surface area contributed by atoms with Crippen LogP contribution in [0.1, 0.15) is 30.9 Å². The molecule has 1 aromatic rings. The van der Waals surface area contributed by atoms with Crippen molar-refractivity contribution >= 4 is 39.6 Å². The van der Waals surface area contributed by atoms with Crippen LogP contribution in [0.4, 0.5) is 10.5 Å². The van der Waals surface area contributed by atoms with E-state index in [1.165, 1.54) is 30.4 Å². The molecule has 8 N–H and O–H groups in total. The van der Waals surface area contributed by atoms with Gasteiger partial charge in [0.25, 0.3) is 0 Å². The number of nitrogens with zero attached hydrogens (tertiary/aromatic N) is 2. The van der Waals surface area contributed by atoms with Crippen molar-refractivity contribution in [1.29, 1.82) is 0 Å². The van der Waals surface area contributed by atoms with Gasteiger partial charge in [0.2, 0.25) is 12.2 Å². The van der Waals surface area contributed by atoms with Gasteiger partial charge in [-0.3, -0.25) is 14.9 Å². The highest BCUT2D eigenvalue weighted by atomic mass is 79.9. The summed E-state index contributed by atoms with van der Waals surface area (Å²) in [5.74, 6) is 4.11. The van der Waals surface area contributed by atoms with Crippen LogP contribution >= 0.6 is 15.9 Å². The zero-order chi connectivity index (χ0) is 29.1. The van der Waals surface area contributed by atoms with Gasteiger partial charge in [0.1, 0.15) is 6.10 Å². The largest absolute Gasteiger partial charge is 0.479 e. The lowest BCUT2D eigenvalue weighted by Gasteiger charge is -2.30. The molecule has 0 spiro atoms. The van der Waals surface area contributed by atoms with Gasteiger partial charge in [0.05, 0.1) is 22.9 Å². The Hall–Kier alpha value is -3.67. The van der Waals surface area contributed by atoms with Crippen LogP contribution in [0.5, 0.6) is 5.75 Å². The Bertz CT molecular complexity index is 1070. The maximum atomic E-state index is 12.0. The van der Waals surface area contributed by atoms with E-state index in [9.17, 15) is 34.7 Å². The molecule has 1 heterocycles. The second-order valence-corrected chi connectivity index (χ2v) is 8.95. The summed E-state index contributed by atoms with van der Waals surface area (Å²) in [4.78, 5) is 45.6. The number of carboxylic acid groups (broad SMARTS) is 1. The first kappa shape index (κ1) is 31.5. The molecule has 0 saturated carbocycles. The second kappa shape index (κ2) is 15.1. The van der Waals surface area contributed by atoms with Crippen molar-refractivity contribution in [2.24, 2.45) is 11.6 Å². The number of aliphatic hydroxyl groups is 1. The Balaban J connectivity index is 2.23. The lowest BCUT2D eigenvalue weighted by Crippen LogP contribution is -2.42.